The number of aliphatic hydroxyl groups excluding tert-OH is 1. The fourth-order valence-electron chi connectivity index (χ4n) is 1.15. The van der Waals surface area contributed by atoms with Gasteiger partial charge in [-0.05, 0) is 12.8 Å². The molecule has 0 spiro atoms. The normalized spacial score (nSPS) is 10.6. The van der Waals surface area contributed by atoms with Gasteiger partial charge in [0.1, 0.15) is 0 Å². The van der Waals surface area contributed by atoms with Crippen LogP contribution in [0.15, 0.2) is 12.5 Å². The Morgan fingerprint density at radius 2 is 2.38 bits per heavy atom. The third-order valence-electron chi connectivity index (χ3n) is 1.86. The molecule has 1 rings (SSSR count). The average Bonchev–Trinajstić information content (AvgIpc) is 2.60. The van der Waals surface area contributed by atoms with E-state index in [0.29, 0.717) is 0 Å². The highest BCUT2D eigenvalue weighted by Gasteiger charge is 1.96. The Morgan fingerprint density at radius 3 is 3.00 bits per heavy atom. The van der Waals surface area contributed by atoms with E-state index in [1.165, 1.54) is 0 Å². The van der Waals surface area contributed by atoms with E-state index >= 15 is 0 Å². The SMILES string of the molecule is COCCCCn1cnc(CO)c1. The van der Waals surface area contributed by atoms with Crippen LogP contribution in [0.1, 0.15) is 18.5 Å². The largest absolute Gasteiger partial charge is 0.390 e. The molecule has 1 aromatic rings. The number of imidazole rings is 1. The molecular weight excluding hydrogens is 168 g/mol. The van der Waals surface area contributed by atoms with Crippen molar-refractivity contribution in [1.82, 2.24) is 9.55 Å². The lowest BCUT2D eigenvalue weighted by molar-refractivity contribution is 0.191. The van der Waals surface area contributed by atoms with Crippen molar-refractivity contribution in [2.45, 2.75) is 26.0 Å². The second-order valence-corrected chi connectivity index (χ2v) is 2.96. The molecule has 74 valence electrons. The van der Waals surface area contributed by atoms with Gasteiger partial charge in [-0.3, -0.25) is 0 Å². The Hall–Kier alpha value is -0.870. The maximum atomic E-state index is 8.76. The van der Waals surface area contributed by atoms with Crippen molar-refractivity contribution in [2.24, 2.45) is 0 Å². The minimum absolute atomic E-state index is 0.0189. The van der Waals surface area contributed by atoms with Gasteiger partial charge < -0.3 is 14.4 Å². The third kappa shape index (κ3) is 3.57. The average molecular weight is 184 g/mol. The molecule has 4 nitrogen and oxygen atoms in total. The summed E-state index contributed by atoms with van der Waals surface area (Å²) in [5, 5.41) is 8.76. The highest BCUT2D eigenvalue weighted by molar-refractivity contribution is 4.93. The molecule has 1 heterocycles. The quantitative estimate of drug-likeness (QED) is 0.665. The van der Waals surface area contributed by atoms with Crippen molar-refractivity contribution in [3.63, 3.8) is 0 Å². The zero-order chi connectivity index (χ0) is 9.52. The lowest BCUT2D eigenvalue weighted by Crippen LogP contribution is -1.97. The van der Waals surface area contributed by atoms with Crippen LogP contribution in [-0.2, 0) is 17.9 Å². The highest BCUT2D eigenvalue weighted by atomic mass is 16.5. The van der Waals surface area contributed by atoms with Gasteiger partial charge in [0.05, 0.1) is 18.6 Å². The van der Waals surface area contributed by atoms with Gasteiger partial charge in [0.25, 0.3) is 0 Å². The first-order valence-corrected chi connectivity index (χ1v) is 4.47. The summed E-state index contributed by atoms with van der Waals surface area (Å²) in [7, 11) is 1.71. The van der Waals surface area contributed by atoms with Crippen molar-refractivity contribution >= 4 is 0 Å². The molecule has 0 fully saturated rings. The van der Waals surface area contributed by atoms with Crippen LogP contribution in [0.4, 0.5) is 0 Å². The Bertz CT molecular complexity index is 235. The minimum Gasteiger partial charge on any atom is -0.390 e. The number of aliphatic hydroxyl groups is 1. The molecular formula is C9H16N2O2. The fourth-order valence-corrected chi connectivity index (χ4v) is 1.15. The molecule has 0 aromatic carbocycles. The standard InChI is InChI=1S/C9H16N2O2/c1-13-5-3-2-4-11-6-9(7-12)10-8-11/h6,8,12H,2-5,7H2,1H3. The molecule has 0 radical (unpaired) electrons. The van der Waals surface area contributed by atoms with Gasteiger partial charge in [-0.25, -0.2) is 4.98 Å². The predicted molar refractivity (Wildman–Crippen MR) is 49.3 cm³/mol. The van der Waals surface area contributed by atoms with E-state index in [0.717, 1.165) is 31.7 Å². The maximum absolute atomic E-state index is 8.76. The van der Waals surface area contributed by atoms with Crippen molar-refractivity contribution in [3.05, 3.63) is 18.2 Å². The van der Waals surface area contributed by atoms with E-state index in [1.807, 2.05) is 10.8 Å². The maximum Gasteiger partial charge on any atom is 0.0950 e. The molecule has 1 N–H and O–H groups in total. The lowest BCUT2D eigenvalue weighted by atomic mass is 10.3. The summed E-state index contributed by atoms with van der Waals surface area (Å²) in [5.41, 5.74) is 0.728. The van der Waals surface area contributed by atoms with E-state index in [2.05, 4.69) is 4.98 Å². The van der Waals surface area contributed by atoms with Gasteiger partial charge in [-0.2, -0.15) is 0 Å². The zero-order valence-corrected chi connectivity index (χ0v) is 7.94. The summed E-state index contributed by atoms with van der Waals surface area (Å²) in [6.07, 6.45) is 5.75. The van der Waals surface area contributed by atoms with Crippen LogP contribution in [0.2, 0.25) is 0 Å². The highest BCUT2D eigenvalue weighted by Crippen LogP contribution is 1.99. The van der Waals surface area contributed by atoms with Gasteiger partial charge in [0, 0.05) is 26.5 Å². The van der Waals surface area contributed by atoms with Gasteiger partial charge in [-0.15, -0.1) is 0 Å². The van der Waals surface area contributed by atoms with Crippen LogP contribution in [0.25, 0.3) is 0 Å². The van der Waals surface area contributed by atoms with E-state index in [-0.39, 0.29) is 6.61 Å². The number of rotatable bonds is 6. The van der Waals surface area contributed by atoms with Crippen LogP contribution in [-0.4, -0.2) is 28.4 Å². The Balaban J connectivity index is 2.20. The summed E-state index contributed by atoms with van der Waals surface area (Å²) >= 11 is 0. The van der Waals surface area contributed by atoms with Crippen molar-refractivity contribution in [3.8, 4) is 0 Å². The molecule has 0 bridgehead atoms. The smallest absolute Gasteiger partial charge is 0.0950 e. The van der Waals surface area contributed by atoms with Crippen LogP contribution < -0.4 is 0 Å². The van der Waals surface area contributed by atoms with Crippen LogP contribution in [0.5, 0.6) is 0 Å². The summed E-state index contributed by atoms with van der Waals surface area (Å²) < 4.78 is 6.93. The van der Waals surface area contributed by atoms with E-state index in [9.17, 15) is 0 Å². The Morgan fingerprint density at radius 1 is 1.54 bits per heavy atom. The molecule has 0 atom stereocenters. The van der Waals surface area contributed by atoms with Crippen molar-refractivity contribution in [2.75, 3.05) is 13.7 Å². The molecule has 4 heteroatoms. The molecule has 0 aliphatic heterocycles. The number of methoxy groups -OCH3 is 1. The van der Waals surface area contributed by atoms with Crippen LogP contribution >= 0.6 is 0 Å². The number of ether oxygens (including phenoxy) is 1. The lowest BCUT2D eigenvalue weighted by Gasteiger charge is -2.00. The predicted octanol–water partition coefficient (Wildman–Crippen LogP) is 0.802. The Kier molecular flexibility index (Phi) is 4.49. The monoisotopic (exact) mass is 184 g/mol. The van der Waals surface area contributed by atoms with Crippen LogP contribution in [0, 0.1) is 0 Å². The van der Waals surface area contributed by atoms with Crippen molar-refractivity contribution in [1.29, 1.82) is 0 Å². The third-order valence-corrected chi connectivity index (χ3v) is 1.86. The molecule has 1 aromatic heterocycles. The summed E-state index contributed by atoms with van der Waals surface area (Å²) in [6, 6.07) is 0. The van der Waals surface area contributed by atoms with Gasteiger partial charge in [0.2, 0.25) is 0 Å². The van der Waals surface area contributed by atoms with Gasteiger partial charge in [0.15, 0.2) is 0 Å². The summed E-state index contributed by atoms with van der Waals surface area (Å²) in [4.78, 5) is 4.02. The molecule has 0 aliphatic rings. The van der Waals surface area contributed by atoms with E-state index in [1.54, 1.807) is 13.4 Å². The molecule has 0 unspecified atom stereocenters. The molecule has 0 aliphatic carbocycles. The number of aryl methyl sites for hydroxylation is 1. The second kappa shape index (κ2) is 5.72. The topological polar surface area (TPSA) is 47.3 Å². The first-order chi connectivity index (χ1) is 6.36. The first kappa shape index (κ1) is 10.2. The summed E-state index contributed by atoms with van der Waals surface area (Å²) in [5.74, 6) is 0. The molecule has 0 saturated carbocycles. The van der Waals surface area contributed by atoms with Crippen molar-refractivity contribution < 1.29 is 9.84 Å². The van der Waals surface area contributed by atoms with Gasteiger partial charge in [-0.1, -0.05) is 0 Å². The van der Waals surface area contributed by atoms with E-state index in [4.69, 9.17) is 9.84 Å². The second-order valence-electron chi connectivity index (χ2n) is 2.96. The molecule has 0 amide bonds. The number of hydrogen-bond donors (Lipinski definition) is 1. The fraction of sp³-hybridized carbons (Fsp3) is 0.667. The molecule has 0 saturated heterocycles. The first-order valence-electron chi connectivity index (χ1n) is 4.47. The number of nitrogens with zero attached hydrogens (tertiary/aromatic N) is 2. The summed E-state index contributed by atoms with van der Waals surface area (Å²) in [6.45, 7) is 1.77. The van der Waals surface area contributed by atoms with Crippen LogP contribution in [0.3, 0.4) is 0 Å². The Labute approximate surface area is 78.2 Å². The minimum atomic E-state index is 0.0189. The number of hydrogen-bond acceptors (Lipinski definition) is 3. The zero-order valence-electron chi connectivity index (χ0n) is 7.94. The van der Waals surface area contributed by atoms with E-state index < -0.39 is 0 Å². The number of unbranched alkanes of at least 4 members (excludes halogenated alkanes) is 1. The number of aromatic nitrogens is 2. The van der Waals surface area contributed by atoms with Gasteiger partial charge >= 0.3 is 0 Å². The molecule has 13 heavy (non-hydrogen) atoms.